The fourth-order valence-corrected chi connectivity index (χ4v) is 3.61. The van der Waals surface area contributed by atoms with Gasteiger partial charge in [-0.3, -0.25) is 9.36 Å². The van der Waals surface area contributed by atoms with Crippen molar-refractivity contribution in [3.8, 4) is 5.69 Å². The van der Waals surface area contributed by atoms with Crippen molar-refractivity contribution >= 4 is 28.9 Å². The molecule has 3 heterocycles. The first kappa shape index (κ1) is 18.9. The fraction of sp³-hybridized carbons (Fsp3) is 0.211. The minimum atomic E-state index is -0.532. The molecular weight excluding hydrogens is 394 g/mol. The Morgan fingerprint density at radius 3 is 2.86 bits per heavy atom. The first-order chi connectivity index (χ1) is 14.1. The van der Waals surface area contributed by atoms with Gasteiger partial charge in [0.25, 0.3) is 5.56 Å². The third-order valence-corrected chi connectivity index (χ3v) is 5.06. The highest BCUT2D eigenvalue weighted by Gasteiger charge is 2.18. The smallest absolute Gasteiger partial charge is 0.360 e. The van der Waals surface area contributed by atoms with E-state index in [1.807, 2.05) is 35.8 Å². The van der Waals surface area contributed by atoms with Gasteiger partial charge < -0.3 is 14.2 Å². The van der Waals surface area contributed by atoms with Crippen LogP contribution in [0.3, 0.4) is 0 Å². The summed E-state index contributed by atoms with van der Waals surface area (Å²) in [5.74, 6) is 0.317. The van der Waals surface area contributed by atoms with Crippen LogP contribution in [-0.4, -0.2) is 37.3 Å². The molecule has 0 fully saturated rings. The van der Waals surface area contributed by atoms with Gasteiger partial charge in [-0.2, -0.15) is 0 Å². The van der Waals surface area contributed by atoms with E-state index in [4.69, 9.17) is 9.26 Å². The molecule has 0 atom stereocenters. The topological polar surface area (TPSA) is 116 Å². The molecule has 0 aliphatic heterocycles. The van der Waals surface area contributed by atoms with Crippen LogP contribution in [0.1, 0.15) is 28.7 Å². The lowest BCUT2D eigenvalue weighted by atomic mass is 10.2. The number of benzene rings is 1. The lowest BCUT2D eigenvalue weighted by Gasteiger charge is -2.08. The summed E-state index contributed by atoms with van der Waals surface area (Å²) in [5, 5.41) is 4.31. The van der Waals surface area contributed by atoms with Gasteiger partial charge >= 0.3 is 5.97 Å². The van der Waals surface area contributed by atoms with Crippen LogP contribution in [0.4, 0.5) is 0 Å². The van der Waals surface area contributed by atoms with E-state index in [9.17, 15) is 9.59 Å². The Kier molecular flexibility index (Phi) is 5.17. The standard InChI is InChI=1S/C19H17N5O4S/c1-3-27-18(26)14-8-13(28-23-14)9-29-19-22-15-16(20-10-21-17(15)25)24(19)12-6-4-11(2)5-7-12/h4-8,10H,3,9H2,1-2H3,(H,20,21,25). The van der Waals surface area contributed by atoms with Gasteiger partial charge in [0.2, 0.25) is 0 Å². The number of aryl methyl sites for hydroxylation is 1. The second-order valence-corrected chi connectivity index (χ2v) is 7.10. The number of nitrogens with zero attached hydrogens (tertiary/aromatic N) is 4. The van der Waals surface area contributed by atoms with Crippen LogP contribution >= 0.6 is 11.8 Å². The quantitative estimate of drug-likeness (QED) is 0.380. The van der Waals surface area contributed by atoms with Crippen LogP contribution in [0.5, 0.6) is 0 Å². The summed E-state index contributed by atoms with van der Waals surface area (Å²) in [4.78, 5) is 35.2. The molecule has 0 saturated heterocycles. The summed E-state index contributed by atoms with van der Waals surface area (Å²) in [6.07, 6.45) is 1.35. The summed E-state index contributed by atoms with van der Waals surface area (Å²) in [7, 11) is 0. The molecule has 1 N–H and O–H groups in total. The first-order valence-electron chi connectivity index (χ1n) is 8.85. The number of ether oxygens (including phenoxy) is 1. The maximum absolute atomic E-state index is 12.2. The predicted octanol–water partition coefficient (Wildman–Crippen LogP) is 2.87. The number of hydrogen-bond donors (Lipinski definition) is 1. The molecule has 0 aliphatic rings. The zero-order valence-electron chi connectivity index (χ0n) is 15.7. The number of nitrogens with one attached hydrogen (secondary N) is 1. The molecule has 0 aliphatic carbocycles. The third kappa shape index (κ3) is 3.79. The van der Waals surface area contributed by atoms with E-state index in [0.717, 1.165) is 11.3 Å². The van der Waals surface area contributed by atoms with Crippen LogP contribution in [0, 0.1) is 6.92 Å². The highest BCUT2D eigenvalue weighted by Crippen LogP contribution is 2.28. The second-order valence-electron chi connectivity index (χ2n) is 6.16. The highest BCUT2D eigenvalue weighted by atomic mass is 32.2. The van der Waals surface area contributed by atoms with Crippen molar-refractivity contribution in [2.45, 2.75) is 24.8 Å². The molecule has 0 amide bonds. The molecule has 4 rings (SSSR count). The Labute approximate surface area is 169 Å². The van der Waals surface area contributed by atoms with Crippen molar-refractivity contribution in [1.82, 2.24) is 24.7 Å². The number of aromatic nitrogens is 5. The molecule has 0 unspecified atom stereocenters. The van der Waals surface area contributed by atoms with Gasteiger partial charge in [0, 0.05) is 11.8 Å². The highest BCUT2D eigenvalue weighted by molar-refractivity contribution is 7.98. The van der Waals surface area contributed by atoms with Crippen molar-refractivity contribution in [2.75, 3.05) is 6.61 Å². The SMILES string of the molecule is CCOC(=O)c1cc(CSc2nc3c(=O)[nH]cnc3n2-c2ccc(C)cc2)on1. The summed E-state index contributed by atoms with van der Waals surface area (Å²) in [6.45, 7) is 3.98. The molecule has 0 spiro atoms. The number of carbonyl (C=O) groups excluding carboxylic acids is 1. The lowest BCUT2D eigenvalue weighted by Crippen LogP contribution is -2.07. The summed E-state index contributed by atoms with van der Waals surface area (Å²) in [5.41, 5.74) is 2.47. The summed E-state index contributed by atoms with van der Waals surface area (Å²) in [6, 6.07) is 9.37. The Morgan fingerprint density at radius 2 is 2.10 bits per heavy atom. The normalized spacial score (nSPS) is 11.1. The van der Waals surface area contributed by atoms with E-state index in [0.29, 0.717) is 22.3 Å². The molecule has 29 heavy (non-hydrogen) atoms. The molecule has 10 heteroatoms. The van der Waals surface area contributed by atoms with E-state index in [2.05, 4.69) is 20.1 Å². The molecule has 3 aromatic heterocycles. The maximum Gasteiger partial charge on any atom is 0.360 e. The number of esters is 1. The van der Waals surface area contributed by atoms with Crippen LogP contribution < -0.4 is 5.56 Å². The molecule has 4 aromatic rings. The van der Waals surface area contributed by atoms with Crippen molar-refractivity contribution in [1.29, 1.82) is 0 Å². The molecule has 148 valence electrons. The number of fused-ring (bicyclic) bond motifs is 1. The minimum Gasteiger partial charge on any atom is -0.461 e. The fourth-order valence-electron chi connectivity index (χ4n) is 2.73. The number of aromatic amines is 1. The summed E-state index contributed by atoms with van der Waals surface area (Å²) >= 11 is 1.35. The van der Waals surface area contributed by atoms with Gasteiger partial charge in [-0.05, 0) is 26.0 Å². The monoisotopic (exact) mass is 411 g/mol. The number of H-pyrrole nitrogens is 1. The zero-order chi connectivity index (χ0) is 20.4. The van der Waals surface area contributed by atoms with Gasteiger partial charge in [-0.25, -0.2) is 14.8 Å². The second kappa shape index (κ2) is 7.92. The van der Waals surface area contributed by atoms with Crippen LogP contribution in [0.25, 0.3) is 16.9 Å². The molecule has 0 saturated carbocycles. The minimum absolute atomic E-state index is 0.118. The van der Waals surface area contributed by atoms with E-state index in [-0.39, 0.29) is 23.4 Å². The van der Waals surface area contributed by atoms with Crippen LogP contribution in [0.15, 0.2) is 51.1 Å². The predicted molar refractivity (Wildman–Crippen MR) is 106 cm³/mol. The Morgan fingerprint density at radius 1 is 1.31 bits per heavy atom. The van der Waals surface area contributed by atoms with Gasteiger partial charge in [-0.1, -0.05) is 34.6 Å². The number of carbonyl (C=O) groups is 1. The number of rotatable bonds is 6. The van der Waals surface area contributed by atoms with E-state index < -0.39 is 5.97 Å². The van der Waals surface area contributed by atoms with Gasteiger partial charge in [0.15, 0.2) is 22.0 Å². The summed E-state index contributed by atoms with van der Waals surface area (Å²) < 4.78 is 12.0. The van der Waals surface area contributed by atoms with E-state index in [1.54, 1.807) is 6.92 Å². The van der Waals surface area contributed by atoms with Crippen molar-refractivity contribution < 1.29 is 14.1 Å². The third-order valence-electron chi connectivity index (χ3n) is 4.10. The lowest BCUT2D eigenvalue weighted by molar-refractivity contribution is 0.0514. The molecule has 1 aromatic carbocycles. The van der Waals surface area contributed by atoms with Crippen LogP contribution in [0.2, 0.25) is 0 Å². The molecule has 0 radical (unpaired) electrons. The van der Waals surface area contributed by atoms with Gasteiger partial charge in [0.05, 0.1) is 18.7 Å². The Hall–Kier alpha value is -3.40. The average Bonchev–Trinajstić information content (AvgIpc) is 3.33. The average molecular weight is 411 g/mol. The number of thioether (sulfide) groups is 1. The van der Waals surface area contributed by atoms with E-state index in [1.165, 1.54) is 24.2 Å². The molecule has 0 bridgehead atoms. The first-order valence-corrected chi connectivity index (χ1v) is 9.84. The largest absolute Gasteiger partial charge is 0.461 e. The van der Waals surface area contributed by atoms with E-state index >= 15 is 0 Å². The maximum atomic E-state index is 12.2. The zero-order valence-corrected chi connectivity index (χ0v) is 16.5. The molecule has 9 nitrogen and oxygen atoms in total. The Balaban J connectivity index is 1.68. The van der Waals surface area contributed by atoms with Gasteiger partial charge in [-0.15, -0.1) is 0 Å². The number of hydrogen-bond acceptors (Lipinski definition) is 8. The van der Waals surface area contributed by atoms with Gasteiger partial charge in [0.1, 0.15) is 5.76 Å². The van der Waals surface area contributed by atoms with Crippen LogP contribution in [-0.2, 0) is 10.5 Å². The number of imidazole rings is 1. The molecular formula is C19H17N5O4S. The van der Waals surface area contributed by atoms with Crippen molar-refractivity contribution in [3.05, 3.63) is 64.0 Å². The van der Waals surface area contributed by atoms with Crippen molar-refractivity contribution in [2.24, 2.45) is 0 Å². The Bertz CT molecular complexity index is 1230. The van der Waals surface area contributed by atoms with Crippen molar-refractivity contribution in [3.63, 3.8) is 0 Å².